The number of benzene rings is 2. The van der Waals surface area contributed by atoms with E-state index in [1.165, 1.54) is 33.6 Å². The van der Waals surface area contributed by atoms with Gasteiger partial charge in [-0.15, -0.1) is 0 Å². The molecule has 2 aromatic carbocycles. The number of hydrogen-bond acceptors (Lipinski definition) is 6. The summed E-state index contributed by atoms with van der Waals surface area (Å²) >= 11 is 6.04. The lowest BCUT2D eigenvalue weighted by atomic mass is 10.2. The lowest BCUT2D eigenvalue weighted by Gasteiger charge is -2.11. The monoisotopic (exact) mass is 387 g/mol. The molecule has 0 aliphatic rings. The van der Waals surface area contributed by atoms with E-state index in [-0.39, 0.29) is 5.57 Å². The minimum atomic E-state index is -0.590. The van der Waals surface area contributed by atoms with Crippen LogP contribution in [0.1, 0.15) is 0 Å². The van der Waals surface area contributed by atoms with Gasteiger partial charge in [0.15, 0.2) is 0 Å². The van der Waals surface area contributed by atoms with Crippen LogP contribution in [0.15, 0.2) is 48.2 Å². The van der Waals surface area contributed by atoms with Gasteiger partial charge < -0.3 is 24.8 Å². The summed E-state index contributed by atoms with van der Waals surface area (Å²) in [7, 11) is 4.55. The van der Waals surface area contributed by atoms with Gasteiger partial charge >= 0.3 is 0 Å². The molecule has 0 fully saturated rings. The molecule has 2 aromatic rings. The maximum Gasteiger partial charge on any atom is 0.267 e. The van der Waals surface area contributed by atoms with Gasteiger partial charge in [0, 0.05) is 18.0 Å². The number of anilines is 2. The summed E-state index contributed by atoms with van der Waals surface area (Å²) in [6.45, 7) is 0. The van der Waals surface area contributed by atoms with E-state index in [0.717, 1.165) is 0 Å². The number of ether oxygens (including phenoxy) is 3. The highest BCUT2D eigenvalue weighted by atomic mass is 35.5. The molecule has 0 spiro atoms. The first-order chi connectivity index (χ1) is 13.0. The fraction of sp³-hybridized carbons (Fsp3) is 0.158. The highest BCUT2D eigenvalue weighted by Crippen LogP contribution is 2.29. The van der Waals surface area contributed by atoms with Crippen molar-refractivity contribution in [2.75, 3.05) is 32.0 Å². The van der Waals surface area contributed by atoms with Crippen molar-refractivity contribution in [3.63, 3.8) is 0 Å². The fourth-order valence-corrected chi connectivity index (χ4v) is 2.43. The zero-order valence-electron chi connectivity index (χ0n) is 15.0. The zero-order valence-corrected chi connectivity index (χ0v) is 15.8. The molecule has 0 bridgehead atoms. The topological polar surface area (TPSA) is 92.6 Å². The number of amides is 1. The SMILES string of the molecule is COc1ccc(OC)c(N/C=C(/C#N)C(=O)Nc2ccc(OC)c(Cl)c2)c1. The molecule has 0 aliphatic carbocycles. The lowest BCUT2D eigenvalue weighted by Crippen LogP contribution is -2.14. The molecule has 0 saturated heterocycles. The van der Waals surface area contributed by atoms with Crippen molar-refractivity contribution in [3.05, 3.63) is 53.2 Å². The van der Waals surface area contributed by atoms with Gasteiger partial charge in [-0.3, -0.25) is 4.79 Å². The largest absolute Gasteiger partial charge is 0.497 e. The van der Waals surface area contributed by atoms with Crippen LogP contribution in [0.3, 0.4) is 0 Å². The molecule has 1 amide bonds. The average Bonchev–Trinajstić information content (AvgIpc) is 2.68. The van der Waals surface area contributed by atoms with Crippen molar-refractivity contribution in [2.45, 2.75) is 0 Å². The zero-order chi connectivity index (χ0) is 19.8. The number of carbonyl (C=O) groups is 1. The highest BCUT2D eigenvalue weighted by Gasteiger charge is 2.12. The van der Waals surface area contributed by atoms with Gasteiger partial charge in [0.2, 0.25) is 0 Å². The Morgan fingerprint density at radius 1 is 1.07 bits per heavy atom. The molecule has 8 heteroatoms. The van der Waals surface area contributed by atoms with Gasteiger partial charge in [-0.25, -0.2) is 0 Å². The van der Waals surface area contributed by atoms with E-state index in [9.17, 15) is 10.1 Å². The third kappa shape index (κ3) is 5.06. The molecule has 0 saturated carbocycles. The first kappa shape index (κ1) is 19.9. The van der Waals surface area contributed by atoms with Crippen LogP contribution < -0.4 is 24.8 Å². The van der Waals surface area contributed by atoms with Crippen molar-refractivity contribution < 1.29 is 19.0 Å². The van der Waals surface area contributed by atoms with Gasteiger partial charge in [0.25, 0.3) is 5.91 Å². The summed E-state index contributed by atoms with van der Waals surface area (Å²) in [4.78, 5) is 12.3. The van der Waals surface area contributed by atoms with E-state index in [1.54, 1.807) is 30.3 Å². The Morgan fingerprint density at radius 2 is 1.78 bits per heavy atom. The molecule has 0 radical (unpaired) electrons. The third-order valence-electron chi connectivity index (χ3n) is 3.55. The maximum atomic E-state index is 12.3. The first-order valence-corrected chi connectivity index (χ1v) is 8.14. The molecule has 0 unspecified atom stereocenters. The molecule has 0 atom stereocenters. The number of nitriles is 1. The quantitative estimate of drug-likeness (QED) is 0.554. The smallest absolute Gasteiger partial charge is 0.267 e. The van der Waals surface area contributed by atoms with Gasteiger partial charge in [-0.05, 0) is 30.3 Å². The number of carbonyl (C=O) groups excluding carboxylic acids is 1. The average molecular weight is 388 g/mol. The summed E-state index contributed by atoms with van der Waals surface area (Å²) < 4.78 is 15.5. The van der Waals surface area contributed by atoms with E-state index in [1.807, 2.05) is 6.07 Å². The van der Waals surface area contributed by atoms with Crippen molar-refractivity contribution in [1.82, 2.24) is 0 Å². The second-order valence-electron chi connectivity index (χ2n) is 5.18. The second kappa shape index (κ2) is 9.36. The molecule has 27 heavy (non-hydrogen) atoms. The number of hydrogen-bond donors (Lipinski definition) is 2. The van der Waals surface area contributed by atoms with Crippen LogP contribution in [0.2, 0.25) is 5.02 Å². The third-order valence-corrected chi connectivity index (χ3v) is 3.85. The van der Waals surface area contributed by atoms with Gasteiger partial charge in [0.1, 0.15) is 28.9 Å². The normalized spacial score (nSPS) is 10.6. The number of rotatable bonds is 7. The summed E-state index contributed by atoms with van der Waals surface area (Å²) in [5, 5.41) is 15.1. The standard InChI is InChI=1S/C19H18ClN3O4/c1-25-14-5-7-18(27-3)16(9-14)22-11-12(10-21)19(24)23-13-4-6-17(26-2)15(20)8-13/h4-9,11,22H,1-3H3,(H,23,24)/b12-11-. The molecule has 2 rings (SSSR count). The van der Waals surface area contributed by atoms with Crippen molar-refractivity contribution in [1.29, 1.82) is 5.26 Å². The fourth-order valence-electron chi connectivity index (χ4n) is 2.17. The van der Waals surface area contributed by atoms with Crippen LogP contribution in [0.5, 0.6) is 17.2 Å². The number of nitrogens with zero attached hydrogens (tertiary/aromatic N) is 1. The molecule has 0 aliphatic heterocycles. The Hall–Kier alpha value is -3.37. The Morgan fingerprint density at radius 3 is 2.37 bits per heavy atom. The predicted molar refractivity (Wildman–Crippen MR) is 103 cm³/mol. The Bertz CT molecular complexity index is 906. The van der Waals surface area contributed by atoms with Crippen molar-refractivity contribution in [3.8, 4) is 23.3 Å². The Labute approximate surface area is 162 Å². The number of nitrogens with one attached hydrogen (secondary N) is 2. The molecule has 0 heterocycles. The minimum absolute atomic E-state index is 0.133. The Kier molecular flexibility index (Phi) is 6.92. The molecule has 7 nitrogen and oxygen atoms in total. The number of methoxy groups -OCH3 is 3. The van der Waals surface area contributed by atoms with Crippen LogP contribution in [-0.2, 0) is 4.79 Å². The van der Waals surface area contributed by atoms with E-state index >= 15 is 0 Å². The van der Waals surface area contributed by atoms with E-state index < -0.39 is 5.91 Å². The highest BCUT2D eigenvalue weighted by molar-refractivity contribution is 6.32. The Balaban J connectivity index is 2.17. The molecule has 2 N–H and O–H groups in total. The van der Waals surface area contributed by atoms with Crippen LogP contribution >= 0.6 is 11.6 Å². The minimum Gasteiger partial charge on any atom is -0.497 e. The van der Waals surface area contributed by atoms with Crippen LogP contribution in [0.4, 0.5) is 11.4 Å². The summed E-state index contributed by atoms with van der Waals surface area (Å²) in [5.74, 6) is 1.03. The lowest BCUT2D eigenvalue weighted by molar-refractivity contribution is -0.112. The van der Waals surface area contributed by atoms with Crippen LogP contribution in [0, 0.1) is 11.3 Å². The van der Waals surface area contributed by atoms with E-state index in [2.05, 4.69) is 10.6 Å². The van der Waals surface area contributed by atoms with Crippen molar-refractivity contribution in [2.24, 2.45) is 0 Å². The first-order valence-electron chi connectivity index (χ1n) is 7.76. The molecule has 140 valence electrons. The molecular formula is C19H18ClN3O4. The maximum absolute atomic E-state index is 12.3. The van der Waals surface area contributed by atoms with E-state index in [4.69, 9.17) is 25.8 Å². The number of halogens is 1. The molecular weight excluding hydrogens is 370 g/mol. The van der Waals surface area contributed by atoms with Gasteiger partial charge in [-0.1, -0.05) is 11.6 Å². The van der Waals surface area contributed by atoms with Gasteiger partial charge in [-0.2, -0.15) is 5.26 Å². The van der Waals surface area contributed by atoms with Crippen LogP contribution in [0.25, 0.3) is 0 Å². The molecule has 0 aromatic heterocycles. The summed E-state index contributed by atoms with van der Waals surface area (Å²) in [6, 6.07) is 11.8. The predicted octanol–water partition coefficient (Wildman–Crippen LogP) is 3.82. The second-order valence-corrected chi connectivity index (χ2v) is 5.59. The van der Waals surface area contributed by atoms with Crippen LogP contribution in [-0.4, -0.2) is 27.2 Å². The summed E-state index contributed by atoms with van der Waals surface area (Å²) in [6.07, 6.45) is 1.29. The summed E-state index contributed by atoms with van der Waals surface area (Å²) in [5.41, 5.74) is 0.850. The van der Waals surface area contributed by atoms with Crippen molar-refractivity contribution >= 4 is 28.9 Å². The van der Waals surface area contributed by atoms with Gasteiger partial charge in [0.05, 0.1) is 32.0 Å². The van der Waals surface area contributed by atoms with E-state index in [0.29, 0.717) is 33.6 Å².